The summed E-state index contributed by atoms with van der Waals surface area (Å²) in [6.45, 7) is 1.05. The van der Waals surface area contributed by atoms with Crippen molar-refractivity contribution in [2.75, 3.05) is 6.54 Å². The van der Waals surface area contributed by atoms with Crippen LogP contribution in [0.15, 0.2) is 16.8 Å². The van der Waals surface area contributed by atoms with Gasteiger partial charge in [-0.25, -0.2) is 4.79 Å². The molecule has 2 amide bonds. The number of amides is 2. The van der Waals surface area contributed by atoms with Crippen LogP contribution in [0.2, 0.25) is 0 Å². The highest BCUT2D eigenvalue weighted by Crippen LogP contribution is 2.28. The van der Waals surface area contributed by atoms with Crippen molar-refractivity contribution < 1.29 is 14.7 Å². The van der Waals surface area contributed by atoms with Gasteiger partial charge in [0.2, 0.25) is 0 Å². The van der Waals surface area contributed by atoms with Gasteiger partial charge in [0.15, 0.2) is 0 Å². The van der Waals surface area contributed by atoms with Gasteiger partial charge in [-0.05, 0) is 41.7 Å². The maximum Gasteiger partial charge on any atom is 0.317 e. The van der Waals surface area contributed by atoms with Crippen LogP contribution in [0.5, 0.6) is 0 Å². The minimum Gasteiger partial charge on any atom is -0.481 e. The normalized spacial score (nSPS) is 14.1. The monoisotopic (exact) mass is 282 g/mol. The largest absolute Gasteiger partial charge is 0.481 e. The van der Waals surface area contributed by atoms with Gasteiger partial charge < -0.3 is 15.3 Å². The number of hydrogen-bond acceptors (Lipinski definition) is 3. The SMILES string of the molecule is O=C(O)CCCNC(=O)N(Cc1ccsc1)C1CC1. The van der Waals surface area contributed by atoms with Crippen molar-refractivity contribution in [1.82, 2.24) is 10.2 Å². The molecule has 1 aromatic heterocycles. The minimum atomic E-state index is -0.827. The van der Waals surface area contributed by atoms with E-state index in [0.29, 0.717) is 25.6 Å². The molecule has 1 aromatic rings. The fourth-order valence-corrected chi connectivity index (χ4v) is 2.53. The second-order valence-corrected chi connectivity index (χ2v) is 5.50. The van der Waals surface area contributed by atoms with Crippen LogP contribution in [0.3, 0.4) is 0 Å². The third-order valence-corrected chi connectivity index (χ3v) is 3.76. The molecule has 2 N–H and O–H groups in total. The molecule has 2 rings (SSSR count). The lowest BCUT2D eigenvalue weighted by atomic mass is 10.3. The highest BCUT2D eigenvalue weighted by Gasteiger charge is 2.32. The van der Waals surface area contributed by atoms with Crippen LogP contribution in [0.25, 0.3) is 0 Å². The lowest BCUT2D eigenvalue weighted by molar-refractivity contribution is -0.137. The van der Waals surface area contributed by atoms with Gasteiger partial charge in [0.25, 0.3) is 0 Å². The number of hydrogen-bond donors (Lipinski definition) is 2. The molecule has 1 aliphatic rings. The molecule has 0 atom stereocenters. The molecule has 0 spiro atoms. The van der Waals surface area contributed by atoms with Crippen molar-refractivity contribution in [2.45, 2.75) is 38.3 Å². The number of nitrogens with one attached hydrogen (secondary N) is 1. The van der Waals surface area contributed by atoms with E-state index in [4.69, 9.17) is 5.11 Å². The van der Waals surface area contributed by atoms with Crippen molar-refractivity contribution in [2.24, 2.45) is 0 Å². The van der Waals surface area contributed by atoms with Crippen molar-refractivity contribution in [3.05, 3.63) is 22.4 Å². The van der Waals surface area contributed by atoms with E-state index in [-0.39, 0.29) is 12.5 Å². The quantitative estimate of drug-likeness (QED) is 0.754. The average Bonchev–Trinajstić information content (AvgIpc) is 3.08. The van der Waals surface area contributed by atoms with E-state index in [1.165, 1.54) is 0 Å². The first-order chi connectivity index (χ1) is 9.16. The zero-order valence-corrected chi connectivity index (χ0v) is 11.5. The van der Waals surface area contributed by atoms with Crippen LogP contribution in [0.1, 0.15) is 31.2 Å². The number of thiophene rings is 1. The van der Waals surface area contributed by atoms with Gasteiger partial charge in [-0.1, -0.05) is 0 Å². The summed E-state index contributed by atoms with van der Waals surface area (Å²) in [7, 11) is 0. The first kappa shape index (κ1) is 13.9. The van der Waals surface area contributed by atoms with Crippen LogP contribution in [0, 0.1) is 0 Å². The highest BCUT2D eigenvalue weighted by atomic mass is 32.1. The number of rotatable bonds is 7. The summed E-state index contributed by atoms with van der Waals surface area (Å²) < 4.78 is 0. The molecule has 0 radical (unpaired) electrons. The van der Waals surface area contributed by atoms with Crippen molar-refractivity contribution in [1.29, 1.82) is 0 Å². The molecule has 6 heteroatoms. The fraction of sp³-hybridized carbons (Fsp3) is 0.538. The standard InChI is InChI=1S/C13H18N2O3S/c16-12(17)2-1-6-14-13(18)15(11-3-4-11)8-10-5-7-19-9-10/h5,7,9,11H,1-4,6,8H2,(H,14,18)(H,16,17). The minimum absolute atomic E-state index is 0.0842. The Morgan fingerprint density at radius 1 is 1.47 bits per heavy atom. The fourth-order valence-electron chi connectivity index (χ4n) is 1.87. The average molecular weight is 282 g/mol. The number of carbonyl (C=O) groups excluding carboxylic acids is 1. The second-order valence-electron chi connectivity index (χ2n) is 4.72. The first-order valence-electron chi connectivity index (χ1n) is 6.44. The molecule has 1 heterocycles. The molecule has 19 heavy (non-hydrogen) atoms. The Bertz CT molecular complexity index is 429. The van der Waals surface area contributed by atoms with Gasteiger partial charge in [0.05, 0.1) is 0 Å². The Labute approximate surface area is 116 Å². The summed E-state index contributed by atoms with van der Waals surface area (Å²) in [5, 5.41) is 15.4. The Morgan fingerprint density at radius 3 is 2.84 bits per heavy atom. The van der Waals surface area contributed by atoms with E-state index in [0.717, 1.165) is 18.4 Å². The molecular weight excluding hydrogens is 264 g/mol. The van der Waals surface area contributed by atoms with Crippen LogP contribution in [-0.2, 0) is 11.3 Å². The molecule has 1 fully saturated rings. The van der Waals surface area contributed by atoms with E-state index in [1.807, 2.05) is 21.7 Å². The molecule has 0 bridgehead atoms. The summed E-state index contributed by atoms with van der Waals surface area (Å²) in [6.07, 6.45) is 2.69. The summed E-state index contributed by atoms with van der Waals surface area (Å²) in [5.74, 6) is -0.827. The molecule has 0 aromatic carbocycles. The lowest BCUT2D eigenvalue weighted by Crippen LogP contribution is -2.41. The zero-order chi connectivity index (χ0) is 13.7. The van der Waals surface area contributed by atoms with E-state index >= 15 is 0 Å². The topological polar surface area (TPSA) is 69.6 Å². The van der Waals surface area contributed by atoms with Crippen molar-refractivity contribution in [3.63, 3.8) is 0 Å². The third kappa shape index (κ3) is 4.55. The predicted molar refractivity (Wildman–Crippen MR) is 73.2 cm³/mol. The van der Waals surface area contributed by atoms with Crippen molar-refractivity contribution >= 4 is 23.3 Å². The van der Waals surface area contributed by atoms with E-state index < -0.39 is 5.97 Å². The van der Waals surface area contributed by atoms with Gasteiger partial charge in [-0.15, -0.1) is 0 Å². The molecule has 0 saturated heterocycles. The lowest BCUT2D eigenvalue weighted by Gasteiger charge is -2.22. The predicted octanol–water partition coefficient (Wildman–Crippen LogP) is 2.29. The van der Waals surface area contributed by atoms with Crippen molar-refractivity contribution in [3.8, 4) is 0 Å². The summed E-state index contributed by atoms with van der Waals surface area (Å²) in [6, 6.07) is 2.29. The van der Waals surface area contributed by atoms with Crippen LogP contribution in [-0.4, -0.2) is 34.6 Å². The van der Waals surface area contributed by atoms with E-state index in [9.17, 15) is 9.59 Å². The van der Waals surface area contributed by atoms with E-state index in [1.54, 1.807) is 11.3 Å². The van der Waals surface area contributed by atoms with Gasteiger partial charge in [-0.2, -0.15) is 11.3 Å². The summed E-state index contributed by atoms with van der Waals surface area (Å²) in [5.41, 5.74) is 1.15. The molecule has 0 aliphatic heterocycles. The number of carboxylic acids is 1. The third-order valence-electron chi connectivity index (χ3n) is 3.03. The highest BCUT2D eigenvalue weighted by molar-refractivity contribution is 7.07. The van der Waals surface area contributed by atoms with Gasteiger partial charge in [-0.3, -0.25) is 4.79 Å². The Balaban J connectivity index is 1.78. The number of aliphatic carboxylic acids is 1. The number of nitrogens with zero attached hydrogens (tertiary/aromatic N) is 1. The Morgan fingerprint density at radius 2 is 2.26 bits per heavy atom. The number of carbonyl (C=O) groups is 2. The smallest absolute Gasteiger partial charge is 0.317 e. The molecular formula is C13H18N2O3S. The summed E-state index contributed by atoms with van der Waals surface area (Å²) in [4.78, 5) is 24.3. The molecule has 0 unspecified atom stereocenters. The van der Waals surface area contributed by atoms with E-state index in [2.05, 4.69) is 5.32 Å². The second kappa shape index (κ2) is 6.56. The van der Waals surface area contributed by atoms with Gasteiger partial charge >= 0.3 is 12.0 Å². The maximum absolute atomic E-state index is 12.1. The van der Waals surface area contributed by atoms with Gasteiger partial charge in [0.1, 0.15) is 0 Å². The van der Waals surface area contributed by atoms with Crippen LogP contribution in [0.4, 0.5) is 4.79 Å². The summed E-state index contributed by atoms with van der Waals surface area (Å²) >= 11 is 1.63. The molecule has 104 valence electrons. The Hall–Kier alpha value is -1.56. The zero-order valence-electron chi connectivity index (χ0n) is 10.7. The first-order valence-corrected chi connectivity index (χ1v) is 7.38. The number of carboxylic acid groups (broad SMARTS) is 1. The maximum atomic E-state index is 12.1. The molecule has 5 nitrogen and oxygen atoms in total. The molecule has 1 saturated carbocycles. The van der Waals surface area contributed by atoms with Crippen LogP contribution < -0.4 is 5.32 Å². The van der Waals surface area contributed by atoms with Gasteiger partial charge in [0, 0.05) is 25.6 Å². The van der Waals surface area contributed by atoms with Crippen LogP contribution >= 0.6 is 11.3 Å². The Kier molecular flexibility index (Phi) is 4.79. The number of urea groups is 1. The molecule has 1 aliphatic carbocycles.